The Kier molecular flexibility index (Phi) is 18.0. The van der Waals surface area contributed by atoms with Gasteiger partial charge in [-0.2, -0.15) is 0 Å². The van der Waals surface area contributed by atoms with Gasteiger partial charge in [0, 0.05) is 18.8 Å². The first-order chi connectivity index (χ1) is 32.6. The van der Waals surface area contributed by atoms with Gasteiger partial charge in [-0.15, -0.1) is 0 Å². The van der Waals surface area contributed by atoms with E-state index in [0.717, 1.165) is 58.2 Å². The third kappa shape index (κ3) is 14.5. The summed E-state index contributed by atoms with van der Waals surface area (Å²) in [5, 5.41) is 11.5. The van der Waals surface area contributed by atoms with E-state index in [1.54, 1.807) is 20.8 Å². The van der Waals surface area contributed by atoms with Crippen LogP contribution in [0.1, 0.15) is 120 Å². The van der Waals surface area contributed by atoms with Gasteiger partial charge < -0.3 is 35.5 Å². The number of esters is 2. The maximum Gasteiger partial charge on any atom is 0.407 e. The SMILES string of the molecule is Cc1ccccc1C[C@H](NC(=O)[C@H](CCC(=O)OC(C)(C)C)NC(=O)OCC1c2ccccc2-c2ccccc21)C(=O)N[C@H](C(=O)N[C@@H](CC(C)C)C(=O)OCc1ccccc1)C1CCCCC1. The highest BCUT2D eigenvalue weighted by atomic mass is 16.6. The minimum absolute atomic E-state index is 0.00796. The summed E-state index contributed by atoms with van der Waals surface area (Å²) in [6.07, 6.45) is 3.20. The van der Waals surface area contributed by atoms with Crippen molar-refractivity contribution in [3.05, 3.63) is 131 Å². The van der Waals surface area contributed by atoms with E-state index in [1.807, 2.05) is 124 Å². The van der Waals surface area contributed by atoms with Crippen molar-refractivity contribution in [2.45, 2.75) is 142 Å². The van der Waals surface area contributed by atoms with Gasteiger partial charge in [0.1, 0.15) is 43.0 Å². The van der Waals surface area contributed by atoms with E-state index in [9.17, 15) is 28.8 Å². The molecule has 4 aromatic rings. The zero-order valence-electron chi connectivity index (χ0n) is 40.3. The van der Waals surface area contributed by atoms with Crippen LogP contribution in [0, 0.1) is 18.8 Å². The van der Waals surface area contributed by atoms with Crippen LogP contribution in [0.15, 0.2) is 103 Å². The lowest BCUT2D eigenvalue weighted by Gasteiger charge is -2.33. The fourth-order valence-electron chi connectivity index (χ4n) is 9.14. The summed E-state index contributed by atoms with van der Waals surface area (Å²) in [6.45, 7) is 11.1. The number of hydrogen-bond donors (Lipinski definition) is 4. The summed E-state index contributed by atoms with van der Waals surface area (Å²) in [6, 6.07) is 28.1. The van der Waals surface area contributed by atoms with Gasteiger partial charge in [-0.05, 0) is 104 Å². The van der Waals surface area contributed by atoms with Crippen LogP contribution in [0.4, 0.5) is 4.79 Å². The van der Waals surface area contributed by atoms with Crippen molar-refractivity contribution in [3.8, 4) is 11.1 Å². The van der Waals surface area contributed by atoms with Gasteiger partial charge in [0.2, 0.25) is 17.7 Å². The molecule has 4 amide bonds. The molecule has 4 N–H and O–H groups in total. The zero-order valence-corrected chi connectivity index (χ0v) is 40.3. The van der Waals surface area contributed by atoms with Gasteiger partial charge in [0.15, 0.2) is 0 Å². The number of ether oxygens (including phenoxy) is 3. The largest absolute Gasteiger partial charge is 0.460 e. The van der Waals surface area contributed by atoms with Crippen LogP contribution < -0.4 is 21.3 Å². The molecule has 4 atom stereocenters. The molecule has 0 radical (unpaired) electrons. The minimum atomic E-state index is -1.32. The second-order valence-electron chi connectivity index (χ2n) is 19.5. The maximum atomic E-state index is 14.7. The summed E-state index contributed by atoms with van der Waals surface area (Å²) < 4.78 is 17.0. The quantitative estimate of drug-likeness (QED) is 0.0501. The summed E-state index contributed by atoms with van der Waals surface area (Å²) in [5.74, 6) is -3.44. The van der Waals surface area contributed by atoms with Gasteiger partial charge in [-0.1, -0.05) is 136 Å². The van der Waals surface area contributed by atoms with Gasteiger partial charge >= 0.3 is 18.0 Å². The van der Waals surface area contributed by atoms with E-state index >= 15 is 0 Å². The van der Waals surface area contributed by atoms with Crippen LogP contribution in [0.3, 0.4) is 0 Å². The molecule has 4 aromatic carbocycles. The molecule has 2 aliphatic carbocycles. The van der Waals surface area contributed by atoms with E-state index in [0.29, 0.717) is 19.3 Å². The molecule has 13 heteroatoms. The molecule has 362 valence electrons. The number of nitrogens with one attached hydrogen (secondary N) is 4. The maximum absolute atomic E-state index is 14.7. The Balaban J connectivity index is 1.22. The standard InChI is InChI=1S/C55H68N4O9/c1-35(2)31-47(53(64)66-33-37-20-9-7-10-21-37)57-52(63)49(38-22-11-8-12-23-38)59-51(62)46(32-39-24-14-13-19-36(39)3)56-50(61)45(29-30-48(60)68-55(4,5)6)58-54(65)67-34-44-42-27-17-15-25-40(42)41-26-16-18-28-43(41)44/h7,9-10,13-21,24-28,35,38,44-47,49H,8,11-12,22-23,29-34H2,1-6H3,(H,56,61)(H,57,63)(H,58,65)(H,59,62)/t45-,46-,47-,49-/m0/s1. The Hall–Kier alpha value is -6.50. The third-order valence-corrected chi connectivity index (χ3v) is 12.6. The first-order valence-corrected chi connectivity index (χ1v) is 24.1. The number of fused-ring (bicyclic) bond motifs is 3. The Morgan fingerprint density at radius 2 is 1.24 bits per heavy atom. The first kappa shape index (κ1) is 50.9. The van der Waals surface area contributed by atoms with Gasteiger partial charge in [0.25, 0.3) is 0 Å². The molecule has 0 saturated heterocycles. The van der Waals surface area contributed by atoms with Crippen molar-refractivity contribution in [1.29, 1.82) is 0 Å². The van der Waals surface area contributed by atoms with Gasteiger partial charge in [0.05, 0.1) is 0 Å². The lowest BCUT2D eigenvalue weighted by molar-refractivity contribution is -0.155. The number of amides is 4. The fraction of sp³-hybridized carbons (Fsp3) is 0.455. The lowest BCUT2D eigenvalue weighted by Crippen LogP contribution is -2.60. The van der Waals surface area contributed by atoms with Crippen molar-refractivity contribution in [2.75, 3.05) is 6.61 Å². The predicted octanol–water partition coefficient (Wildman–Crippen LogP) is 8.39. The monoisotopic (exact) mass is 928 g/mol. The molecule has 0 unspecified atom stereocenters. The number of carbonyl (C=O) groups excluding carboxylic acids is 6. The summed E-state index contributed by atoms with van der Waals surface area (Å²) in [5.41, 5.74) is 5.84. The lowest BCUT2D eigenvalue weighted by atomic mass is 9.83. The van der Waals surface area contributed by atoms with E-state index in [4.69, 9.17) is 14.2 Å². The number of aryl methyl sites for hydroxylation is 1. The average Bonchev–Trinajstić information content (AvgIpc) is 3.63. The smallest absolute Gasteiger partial charge is 0.407 e. The minimum Gasteiger partial charge on any atom is -0.460 e. The molecule has 68 heavy (non-hydrogen) atoms. The molecule has 1 saturated carbocycles. The summed E-state index contributed by atoms with van der Waals surface area (Å²) in [4.78, 5) is 83.9. The fourth-order valence-corrected chi connectivity index (χ4v) is 9.14. The van der Waals surface area contributed by atoms with Crippen LogP contribution in [0.5, 0.6) is 0 Å². The van der Waals surface area contributed by atoms with Crippen molar-refractivity contribution < 1.29 is 43.0 Å². The number of rotatable bonds is 20. The highest BCUT2D eigenvalue weighted by Crippen LogP contribution is 2.44. The molecule has 0 aromatic heterocycles. The number of carbonyl (C=O) groups is 6. The van der Waals surface area contributed by atoms with Crippen molar-refractivity contribution in [2.24, 2.45) is 11.8 Å². The van der Waals surface area contributed by atoms with Gasteiger partial charge in [-0.3, -0.25) is 19.2 Å². The van der Waals surface area contributed by atoms with Crippen LogP contribution in [-0.4, -0.2) is 72.1 Å². The van der Waals surface area contributed by atoms with Gasteiger partial charge in [-0.25, -0.2) is 9.59 Å². The second-order valence-corrected chi connectivity index (χ2v) is 19.5. The number of benzene rings is 4. The molecule has 1 fully saturated rings. The van der Waals surface area contributed by atoms with E-state index in [2.05, 4.69) is 21.3 Å². The first-order valence-electron chi connectivity index (χ1n) is 24.1. The highest BCUT2D eigenvalue weighted by Gasteiger charge is 2.37. The van der Waals surface area contributed by atoms with E-state index < -0.39 is 65.5 Å². The molecule has 0 spiro atoms. The molecular formula is C55H68N4O9. The normalized spacial score (nSPS) is 15.4. The predicted molar refractivity (Wildman–Crippen MR) is 260 cm³/mol. The van der Waals surface area contributed by atoms with Crippen LogP contribution >= 0.6 is 0 Å². The third-order valence-electron chi connectivity index (χ3n) is 12.6. The second kappa shape index (κ2) is 24.0. The molecule has 6 rings (SSSR count). The Morgan fingerprint density at radius 1 is 0.647 bits per heavy atom. The molecule has 0 aliphatic heterocycles. The van der Waals surface area contributed by atoms with Crippen LogP contribution in [0.2, 0.25) is 0 Å². The van der Waals surface area contributed by atoms with E-state index in [-0.39, 0.29) is 50.2 Å². The zero-order chi connectivity index (χ0) is 48.8. The van der Waals surface area contributed by atoms with E-state index in [1.165, 1.54) is 0 Å². The number of alkyl carbamates (subject to hydrolysis) is 1. The Morgan fingerprint density at radius 3 is 1.87 bits per heavy atom. The Labute approximate surface area is 400 Å². The molecular weight excluding hydrogens is 861 g/mol. The summed E-state index contributed by atoms with van der Waals surface area (Å²) in [7, 11) is 0. The van der Waals surface area contributed by atoms with Crippen molar-refractivity contribution in [1.82, 2.24) is 21.3 Å². The van der Waals surface area contributed by atoms with Crippen LogP contribution in [0.25, 0.3) is 11.1 Å². The summed E-state index contributed by atoms with van der Waals surface area (Å²) >= 11 is 0. The molecule has 2 aliphatic rings. The topological polar surface area (TPSA) is 178 Å². The molecule has 13 nitrogen and oxygen atoms in total. The average molecular weight is 929 g/mol. The Bertz CT molecular complexity index is 2330. The van der Waals surface area contributed by atoms with Crippen molar-refractivity contribution >= 4 is 35.8 Å². The van der Waals surface area contributed by atoms with Crippen LogP contribution in [-0.2, 0) is 51.2 Å². The molecule has 0 bridgehead atoms. The highest BCUT2D eigenvalue weighted by molar-refractivity contribution is 5.95. The number of hydrogen-bond acceptors (Lipinski definition) is 9. The molecule has 0 heterocycles. The van der Waals surface area contributed by atoms with Crippen molar-refractivity contribution in [3.63, 3.8) is 0 Å².